The maximum atomic E-state index is 4.93. The van der Waals surface area contributed by atoms with Crippen molar-refractivity contribution in [3.05, 3.63) is 40.2 Å². The summed E-state index contributed by atoms with van der Waals surface area (Å²) in [5.41, 5.74) is 2.44. The Kier molecular flexibility index (Phi) is 3.95. The Balaban J connectivity index is 1.93. The Morgan fingerprint density at radius 3 is 2.68 bits per heavy atom. The molecule has 0 bridgehead atoms. The molecule has 1 heterocycles. The molecule has 1 aliphatic rings. The zero-order valence-electron chi connectivity index (χ0n) is 11.4. The zero-order chi connectivity index (χ0) is 13.1. The first-order chi connectivity index (χ1) is 9.38. The number of hydrogen-bond acceptors (Lipinski definition) is 3. The van der Waals surface area contributed by atoms with Crippen LogP contribution in [-0.4, -0.2) is 11.5 Å². The first-order valence-corrected chi connectivity index (χ1v) is 7.96. The molecule has 0 amide bonds. The highest BCUT2D eigenvalue weighted by molar-refractivity contribution is 7.12. The Labute approximate surface area is 118 Å². The van der Waals surface area contributed by atoms with Crippen LogP contribution in [0.3, 0.4) is 0 Å². The monoisotopic (exact) mass is 272 g/mol. The maximum Gasteiger partial charge on any atom is 0.0966 e. The average molecular weight is 272 g/mol. The highest BCUT2D eigenvalue weighted by Gasteiger charge is 2.24. The lowest BCUT2D eigenvalue weighted by Crippen LogP contribution is -2.11. The van der Waals surface area contributed by atoms with Gasteiger partial charge in [-0.25, -0.2) is 4.98 Å². The van der Waals surface area contributed by atoms with Crippen molar-refractivity contribution in [2.75, 3.05) is 6.54 Å². The van der Waals surface area contributed by atoms with Crippen molar-refractivity contribution in [1.29, 1.82) is 0 Å². The smallest absolute Gasteiger partial charge is 0.0966 e. The molecule has 1 saturated carbocycles. The number of thiazole rings is 1. The van der Waals surface area contributed by atoms with Gasteiger partial charge in [0.15, 0.2) is 0 Å². The molecule has 0 unspecified atom stereocenters. The van der Waals surface area contributed by atoms with Crippen molar-refractivity contribution in [2.45, 2.75) is 38.6 Å². The lowest BCUT2D eigenvalue weighted by Gasteiger charge is -2.22. The van der Waals surface area contributed by atoms with E-state index in [9.17, 15) is 0 Å². The summed E-state index contributed by atoms with van der Waals surface area (Å²) in [6.45, 7) is 4.09. The molecule has 0 aliphatic heterocycles. The van der Waals surface area contributed by atoms with E-state index < -0.39 is 0 Å². The largest absolute Gasteiger partial charge is 0.312 e. The second-order valence-electron chi connectivity index (χ2n) is 5.10. The third kappa shape index (κ3) is 2.72. The highest BCUT2D eigenvalue weighted by atomic mass is 32.1. The Morgan fingerprint density at radius 1 is 1.26 bits per heavy atom. The van der Waals surface area contributed by atoms with Crippen molar-refractivity contribution in [3.63, 3.8) is 0 Å². The normalized spacial score (nSPS) is 15.4. The van der Waals surface area contributed by atoms with E-state index in [1.54, 1.807) is 0 Å². The molecule has 0 spiro atoms. The van der Waals surface area contributed by atoms with Crippen LogP contribution >= 0.6 is 11.3 Å². The van der Waals surface area contributed by atoms with Crippen molar-refractivity contribution < 1.29 is 0 Å². The zero-order valence-corrected chi connectivity index (χ0v) is 12.2. The van der Waals surface area contributed by atoms with Crippen molar-refractivity contribution in [1.82, 2.24) is 10.3 Å². The van der Waals surface area contributed by atoms with E-state index in [1.807, 2.05) is 11.3 Å². The van der Waals surface area contributed by atoms with Gasteiger partial charge in [0.25, 0.3) is 0 Å². The third-order valence-corrected chi connectivity index (χ3v) is 4.97. The minimum atomic E-state index is 0.725. The second kappa shape index (κ2) is 5.85. The van der Waals surface area contributed by atoms with Crippen LogP contribution in [0, 0.1) is 0 Å². The van der Waals surface area contributed by atoms with Crippen molar-refractivity contribution in [2.24, 2.45) is 0 Å². The molecule has 0 saturated heterocycles. The first-order valence-electron chi connectivity index (χ1n) is 7.14. The molecule has 3 rings (SSSR count). The van der Waals surface area contributed by atoms with Gasteiger partial charge in [0.1, 0.15) is 0 Å². The lowest BCUT2D eigenvalue weighted by atomic mass is 9.86. The predicted molar refractivity (Wildman–Crippen MR) is 81.5 cm³/mol. The minimum Gasteiger partial charge on any atom is -0.312 e. The van der Waals surface area contributed by atoms with E-state index in [2.05, 4.69) is 42.6 Å². The summed E-state index contributed by atoms with van der Waals surface area (Å²) in [6.07, 6.45) is 4.01. The van der Waals surface area contributed by atoms with E-state index in [-0.39, 0.29) is 0 Å². The van der Waals surface area contributed by atoms with Crippen LogP contribution in [0.4, 0.5) is 0 Å². The topological polar surface area (TPSA) is 24.9 Å². The molecule has 3 heteroatoms. The van der Waals surface area contributed by atoms with Crippen molar-refractivity contribution >= 4 is 11.3 Å². The molecule has 1 fully saturated rings. The van der Waals surface area contributed by atoms with Crippen LogP contribution < -0.4 is 5.32 Å². The van der Waals surface area contributed by atoms with E-state index in [4.69, 9.17) is 4.98 Å². The summed E-state index contributed by atoms with van der Waals surface area (Å²) in [5, 5.41) is 4.78. The standard InChI is InChI=1S/C16H20N2S/c1-2-17-11-14-15(12-7-4-3-5-8-12)18-16(19-14)13-9-6-10-13/h3-5,7-8,13,17H,2,6,9-11H2,1H3. The molecule has 2 aromatic rings. The van der Waals surface area contributed by atoms with Crippen LogP contribution in [0.25, 0.3) is 11.3 Å². The van der Waals surface area contributed by atoms with Crippen LogP contribution in [-0.2, 0) is 6.54 Å². The Bertz CT molecular complexity index is 529. The summed E-state index contributed by atoms with van der Waals surface area (Å²) >= 11 is 1.90. The summed E-state index contributed by atoms with van der Waals surface area (Å²) in [5.74, 6) is 0.725. The summed E-state index contributed by atoms with van der Waals surface area (Å²) in [4.78, 5) is 6.32. The summed E-state index contributed by atoms with van der Waals surface area (Å²) < 4.78 is 0. The van der Waals surface area contributed by atoms with E-state index in [1.165, 1.54) is 40.4 Å². The molecule has 1 aromatic heterocycles. The van der Waals surface area contributed by atoms with Gasteiger partial charge in [-0.1, -0.05) is 43.7 Å². The molecule has 19 heavy (non-hydrogen) atoms. The van der Waals surface area contributed by atoms with Gasteiger partial charge in [-0.05, 0) is 19.4 Å². The SMILES string of the molecule is CCNCc1sc(C2CCC2)nc1-c1ccccc1. The van der Waals surface area contributed by atoms with Crippen LogP contribution in [0.5, 0.6) is 0 Å². The molecule has 100 valence electrons. The molecule has 0 atom stereocenters. The molecule has 0 radical (unpaired) electrons. The highest BCUT2D eigenvalue weighted by Crippen LogP contribution is 2.41. The molecule has 1 N–H and O–H groups in total. The van der Waals surface area contributed by atoms with Gasteiger partial charge in [0.05, 0.1) is 10.7 Å². The van der Waals surface area contributed by atoms with Gasteiger partial charge >= 0.3 is 0 Å². The maximum absolute atomic E-state index is 4.93. The summed E-state index contributed by atoms with van der Waals surface area (Å²) in [6, 6.07) is 10.6. The van der Waals surface area contributed by atoms with Crippen LogP contribution in [0.1, 0.15) is 42.0 Å². The molecular formula is C16H20N2S. The van der Waals surface area contributed by atoms with Crippen LogP contribution in [0.2, 0.25) is 0 Å². The average Bonchev–Trinajstić information content (AvgIpc) is 2.79. The van der Waals surface area contributed by atoms with Gasteiger partial charge < -0.3 is 5.32 Å². The van der Waals surface area contributed by atoms with Gasteiger partial charge in [-0.3, -0.25) is 0 Å². The number of aromatic nitrogens is 1. The number of nitrogens with zero attached hydrogens (tertiary/aromatic N) is 1. The quantitative estimate of drug-likeness (QED) is 0.883. The van der Waals surface area contributed by atoms with Crippen molar-refractivity contribution in [3.8, 4) is 11.3 Å². The number of rotatable bonds is 5. The Morgan fingerprint density at radius 2 is 2.05 bits per heavy atom. The van der Waals surface area contributed by atoms with E-state index in [0.29, 0.717) is 0 Å². The molecule has 1 aliphatic carbocycles. The number of nitrogens with one attached hydrogen (secondary N) is 1. The predicted octanol–water partition coefficient (Wildman–Crippen LogP) is 4.19. The number of benzene rings is 1. The Hall–Kier alpha value is -1.19. The summed E-state index contributed by atoms with van der Waals surface area (Å²) in [7, 11) is 0. The number of hydrogen-bond donors (Lipinski definition) is 1. The van der Waals surface area contributed by atoms with Gasteiger partial charge in [0, 0.05) is 22.9 Å². The van der Waals surface area contributed by atoms with Gasteiger partial charge in [-0.2, -0.15) is 0 Å². The second-order valence-corrected chi connectivity index (χ2v) is 6.21. The fourth-order valence-electron chi connectivity index (χ4n) is 2.38. The van der Waals surface area contributed by atoms with Crippen LogP contribution in [0.15, 0.2) is 30.3 Å². The molecule has 2 nitrogen and oxygen atoms in total. The van der Waals surface area contributed by atoms with Gasteiger partial charge in [0.2, 0.25) is 0 Å². The van der Waals surface area contributed by atoms with E-state index >= 15 is 0 Å². The van der Waals surface area contributed by atoms with Gasteiger partial charge in [-0.15, -0.1) is 11.3 Å². The molecular weight excluding hydrogens is 252 g/mol. The third-order valence-electron chi connectivity index (χ3n) is 3.75. The first kappa shape index (κ1) is 12.8. The fourth-order valence-corrected chi connectivity index (χ4v) is 3.61. The lowest BCUT2D eigenvalue weighted by molar-refractivity contribution is 0.418. The minimum absolute atomic E-state index is 0.725. The molecule has 1 aromatic carbocycles. The van der Waals surface area contributed by atoms with E-state index in [0.717, 1.165) is 19.0 Å². The fraction of sp³-hybridized carbons (Fsp3) is 0.438.